The number of nitrogens with one attached hydrogen (secondary N) is 1. The normalized spacial score (nSPS) is 18.5. The maximum absolute atomic E-state index is 12.1. The molecule has 1 amide bonds. The van der Waals surface area contributed by atoms with Crippen LogP contribution in [0, 0.1) is 0 Å². The molecule has 0 atom stereocenters. The zero-order valence-electron chi connectivity index (χ0n) is 11.5. The van der Waals surface area contributed by atoms with Gasteiger partial charge in [-0.3, -0.25) is 4.79 Å². The predicted molar refractivity (Wildman–Crippen MR) is 86.1 cm³/mol. The fraction of sp³-hybridized carbons (Fsp3) is 0.250. The second-order valence-corrected chi connectivity index (χ2v) is 6.56. The highest BCUT2D eigenvalue weighted by Crippen LogP contribution is 2.36. The van der Waals surface area contributed by atoms with E-state index in [1.807, 2.05) is 18.2 Å². The summed E-state index contributed by atoms with van der Waals surface area (Å²) in [4.78, 5) is 18.2. The van der Waals surface area contributed by atoms with Crippen LogP contribution in [0.1, 0.15) is 34.0 Å². The SMILES string of the molecule is Nc1ccc2c(c1)C(=Cc1nc3c(s1)CCCC3)C(=O)N2. The Kier molecular flexibility index (Phi) is 2.82. The quantitative estimate of drug-likeness (QED) is 0.628. The minimum absolute atomic E-state index is 0.0798. The maximum Gasteiger partial charge on any atom is 0.256 e. The van der Waals surface area contributed by atoms with Gasteiger partial charge in [-0.15, -0.1) is 11.3 Å². The van der Waals surface area contributed by atoms with E-state index in [1.54, 1.807) is 17.4 Å². The first-order valence-electron chi connectivity index (χ1n) is 7.12. The molecule has 3 N–H and O–H groups in total. The average Bonchev–Trinajstić information content (AvgIpc) is 3.01. The maximum atomic E-state index is 12.1. The van der Waals surface area contributed by atoms with Crippen LogP contribution in [0.15, 0.2) is 18.2 Å². The molecular formula is C16H15N3OS. The van der Waals surface area contributed by atoms with Gasteiger partial charge in [0, 0.05) is 21.8 Å². The highest BCUT2D eigenvalue weighted by atomic mass is 32.1. The fourth-order valence-electron chi connectivity index (χ4n) is 2.91. The van der Waals surface area contributed by atoms with Gasteiger partial charge in [0.05, 0.1) is 11.3 Å². The van der Waals surface area contributed by atoms with E-state index in [4.69, 9.17) is 5.73 Å². The first-order chi connectivity index (χ1) is 10.2. The number of carbonyl (C=O) groups is 1. The lowest BCUT2D eigenvalue weighted by molar-refractivity contribution is -0.110. The summed E-state index contributed by atoms with van der Waals surface area (Å²) in [7, 11) is 0. The summed E-state index contributed by atoms with van der Waals surface area (Å²) in [5.74, 6) is -0.0798. The Hall–Kier alpha value is -2.14. The van der Waals surface area contributed by atoms with Gasteiger partial charge in [0.15, 0.2) is 0 Å². The number of thiazole rings is 1. The lowest BCUT2D eigenvalue weighted by atomic mass is 10.0. The fourth-order valence-corrected chi connectivity index (χ4v) is 4.00. The van der Waals surface area contributed by atoms with Gasteiger partial charge in [-0.2, -0.15) is 0 Å². The molecule has 2 aromatic rings. The van der Waals surface area contributed by atoms with Gasteiger partial charge in [-0.25, -0.2) is 4.98 Å². The number of aryl methyl sites for hydroxylation is 2. The Labute approximate surface area is 126 Å². The second kappa shape index (κ2) is 4.70. The van der Waals surface area contributed by atoms with Crippen LogP contribution in [0.4, 0.5) is 11.4 Å². The van der Waals surface area contributed by atoms with E-state index < -0.39 is 0 Å². The van der Waals surface area contributed by atoms with Crippen LogP contribution in [0.2, 0.25) is 0 Å². The van der Waals surface area contributed by atoms with Crippen molar-refractivity contribution >= 4 is 40.3 Å². The molecule has 1 aliphatic heterocycles. The van der Waals surface area contributed by atoms with Gasteiger partial charge in [0.25, 0.3) is 5.91 Å². The van der Waals surface area contributed by atoms with Crippen LogP contribution in [-0.4, -0.2) is 10.9 Å². The molecule has 0 spiro atoms. The second-order valence-electron chi connectivity index (χ2n) is 5.45. The lowest BCUT2D eigenvalue weighted by Gasteiger charge is -2.06. The summed E-state index contributed by atoms with van der Waals surface area (Å²) in [6, 6.07) is 5.48. The number of nitrogens with two attached hydrogens (primary N) is 1. The monoisotopic (exact) mass is 297 g/mol. The number of fused-ring (bicyclic) bond motifs is 2. The van der Waals surface area contributed by atoms with E-state index in [-0.39, 0.29) is 5.91 Å². The van der Waals surface area contributed by atoms with E-state index in [9.17, 15) is 4.79 Å². The molecule has 1 aliphatic carbocycles. The number of hydrogen-bond acceptors (Lipinski definition) is 4. The Morgan fingerprint density at radius 2 is 2.14 bits per heavy atom. The number of anilines is 2. The predicted octanol–water partition coefficient (Wildman–Crippen LogP) is 3.10. The molecular weight excluding hydrogens is 282 g/mol. The number of carbonyl (C=O) groups excluding carboxylic acids is 1. The van der Waals surface area contributed by atoms with E-state index in [1.165, 1.54) is 23.4 Å². The van der Waals surface area contributed by atoms with Crippen molar-refractivity contribution in [2.24, 2.45) is 0 Å². The molecule has 0 saturated heterocycles. The number of nitrogen functional groups attached to an aromatic ring is 1. The smallest absolute Gasteiger partial charge is 0.256 e. The molecule has 0 radical (unpaired) electrons. The van der Waals surface area contributed by atoms with Crippen molar-refractivity contribution < 1.29 is 4.79 Å². The van der Waals surface area contributed by atoms with E-state index in [2.05, 4.69) is 10.3 Å². The number of hydrogen-bond donors (Lipinski definition) is 2. The van der Waals surface area contributed by atoms with Crippen molar-refractivity contribution in [2.45, 2.75) is 25.7 Å². The molecule has 0 saturated carbocycles. The van der Waals surface area contributed by atoms with Crippen LogP contribution in [-0.2, 0) is 17.6 Å². The van der Waals surface area contributed by atoms with Gasteiger partial charge in [-0.05, 0) is 50.0 Å². The first kappa shape index (κ1) is 12.6. The van der Waals surface area contributed by atoms with Crippen LogP contribution in [0.25, 0.3) is 11.6 Å². The molecule has 4 rings (SSSR count). The Morgan fingerprint density at radius 3 is 3.00 bits per heavy atom. The van der Waals surface area contributed by atoms with Crippen LogP contribution >= 0.6 is 11.3 Å². The average molecular weight is 297 g/mol. The molecule has 0 fully saturated rings. The largest absolute Gasteiger partial charge is 0.399 e. The van der Waals surface area contributed by atoms with Crippen molar-refractivity contribution in [3.63, 3.8) is 0 Å². The Morgan fingerprint density at radius 1 is 1.29 bits per heavy atom. The number of amides is 1. The van der Waals surface area contributed by atoms with E-state index in [0.29, 0.717) is 11.3 Å². The van der Waals surface area contributed by atoms with Gasteiger partial charge < -0.3 is 11.1 Å². The summed E-state index contributed by atoms with van der Waals surface area (Å²) in [6.45, 7) is 0. The number of rotatable bonds is 1. The summed E-state index contributed by atoms with van der Waals surface area (Å²) in [5.41, 5.74) is 10.1. The standard InChI is InChI=1S/C16H15N3OS/c17-9-5-6-12-10(7-9)11(16(20)19-12)8-15-18-13-3-1-2-4-14(13)21-15/h5-8H,1-4,17H2,(H,19,20). The topological polar surface area (TPSA) is 68.0 Å². The molecule has 2 aliphatic rings. The molecule has 106 valence electrons. The van der Waals surface area contributed by atoms with Gasteiger partial charge in [-0.1, -0.05) is 0 Å². The van der Waals surface area contributed by atoms with E-state index >= 15 is 0 Å². The van der Waals surface area contributed by atoms with Gasteiger partial charge >= 0.3 is 0 Å². The third-order valence-corrected chi connectivity index (χ3v) is 5.06. The van der Waals surface area contributed by atoms with Crippen LogP contribution < -0.4 is 11.1 Å². The third kappa shape index (κ3) is 2.14. The van der Waals surface area contributed by atoms with E-state index in [0.717, 1.165) is 29.1 Å². The molecule has 1 aromatic heterocycles. The highest BCUT2D eigenvalue weighted by Gasteiger charge is 2.25. The Bertz CT molecular complexity index is 752. The Balaban J connectivity index is 1.78. The van der Waals surface area contributed by atoms with Crippen molar-refractivity contribution in [3.05, 3.63) is 39.3 Å². The van der Waals surface area contributed by atoms with Gasteiger partial charge in [0.1, 0.15) is 5.01 Å². The molecule has 5 heteroatoms. The molecule has 1 aromatic carbocycles. The molecule has 21 heavy (non-hydrogen) atoms. The summed E-state index contributed by atoms with van der Waals surface area (Å²) < 4.78 is 0. The molecule has 4 nitrogen and oxygen atoms in total. The first-order valence-corrected chi connectivity index (χ1v) is 7.94. The number of benzene rings is 1. The molecule has 0 unspecified atom stereocenters. The molecule has 0 bridgehead atoms. The zero-order chi connectivity index (χ0) is 14.4. The number of nitrogens with zero attached hydrogens (tertiary/aromatic N) is 1. The van der Waals surface area contributed by atoms with Crippen molar-refractivity contribution in [1.29, 1.82) is 0 Å². The highest BCUT2D eigenvalue weighted by molar-refractivity contribution is 7.12. The summed E-state index contributed by atoms with van der Waals surface area (Å²) in [6.07, 6.45) is 6.53. The van der Waals surface area contributed by atoms with Gasteiger partial charge in [0.2, 0.25) is 0 Å². The molecule has 2 heterocycles. The minimum atomic E-state index is -0.0798. The minimum Gasteiger partial charge on any atom is -0.399 e. The van der Waals surface area contributed by atoms with Crippen molar-refractivity contribution in [2.75, 3.05) is 11.1 Å². The third-order valence-electron chi connectivity index (χ3n) is 3.96. The summed E-state index contributed by atoms with van der Waals surface area (Å²) in [5, 5.41) is 3.79. The van der Waals surface area contributed by atoms with Crippen LogP contribution in [0.3, 0.4) is 0 Å². The summed E-state index contributed by atoms with van der Waals surface area (Å²) >= 11 is 1.70. The van der Waals surface area contributed by atoms with Crippen molar-refractivity contribution in [3.8, 4) is 0 Å². The zero-order valence-corrected chi connectivity index (χ0v) is 12.3. The lowest BCUT2D eigenvalue weighted by Crippen LogP contribution is -2.03. The number of aromatic nitrogens is 1. The van der Waals surface area contributed by atoms with Crippen molar-refractivity contribution in [1.82, 2.24) is 4.98 Å². The van der Waals surface area contributed by atoms with Crippen LogP contribution in [0.5, 0.6) is 0 Å².